The lowest BCUT2D eigenvalue weighted by Gasteiger charge is -2.20. The molecule has 0 spiro atoms. The van der Waals surface area contributed by atoms with Crippen molar-refractivity contribution >= 4 is 16.1 Å². The van der Waals surface area contributed by atoms with E-state index in [0.29, 0.717) is 12.8 Å². The number of benzene rings is 2. The van der Waals surface area contributed by atoms with Gasteiger partial charge in [-0.05, 0) is 37.5 Å². The molecule has 0 radical (unpaired) electrons. The van der Waals surface area contributed by atoms with Crippen LogP contribution in [0.25, 0.3) is 4.98 Å². The molecular formula is C23H27N4O5S+. The van der Waals surface area contributed by atoms with E-state index in [0.717, 1.165) is 16.0 Å². The highest BCUT2D eigenvalue weighted by Gasteiger charge is 2.44. The lowest BCUT2D eigenvalue weighted by Crippen LogP contribution is -2.40. The Morgan fingerprint density at radius 2 is 1.91 bits per heavy atom. The number of nitrogens with one attached hydrogen (secondary N) is 1. The molecule has 1 aliphatic rings. The van der Waals surface area contributed by atoms with Crippen molar-refractivity contribution in [2.24, 2.45) is 0 Å². The number of aliphatic hydroxyl groups is 1. The number of carbonyl (C=O) groups excluding carboxylic acids is 1. The van der Waals surface area contributed by atoms with Crippen LogP contribution in [0.5, 0.6) is 0 Å². The van der Waals surface area contributed by atoms with E-state index in [9.17, 15) is 23.7 Å². The first-order valence-electron chi connectivity index (χ1n) is 10.6. The van der Waals surface area contributed by atoms with Crippen LogP contribution in [0.15, 0.2) is 71.1 Å². The number of ether oxygens (including phenoxy) is 1. The maximum Gasteiger partial charge on any atom is 0.438 e. The zero-order valence-corrected chi connectivity index (χ0v) is 19.3. The largest absolute Gasteiger partial charge is 0.489 e. The molecule has 174 valence electrons. The summed E-state index contributed by atoms with van der Waals surface area (Å²) in [6.07, 6.45) is 0.334. The van der Waals surface area contributed by atoms with Gasteiger partial charge in [0, 0.05) is 0 Å². The van der Waals surface area contributed by atoms with Crippen molar-refractivity contribution in [2.45, 2.75) is 50.1 Å². The van der Waals surface area contributed by atoms with Gasteiger partial charge < -0.3 is 9.84 Å². The normalized spacial score (nSPS) is 17.8. The third-order valence-corrected chi connectivity index (χ3v) is 6.86. The molecule has 0 aromatic heterocycles. The molecule has 0 aliphatic carbocycles. The minimum Gasteiger partial charge on any atom is -0.489 e. The van der Waals surface area contributed by atoms with Crippen molar-refractivity contribution in [3.63, 3.8) is 0 Å². The predicted octanol–water partition coefficient (Wildman–Crippen LogP) is 4.09. The molecular weight excluding hydrogens is 444 g/mol. The summed E-state index contributed by atoms with van der Waals surface area (Å²) in [7, 11) is -3.99. The Labute approximate surface area is 193 Å². The Kier molecular flexibility index (Phi) is 7.68. The standard InChI is InChI=1S/C23H26N4O5S/c1-3-7-20(26-33(30,31)19-12-10-16(2)11-13-19)21(25-24)22(28)27-18(15-32-23(27)29)14-17-8-5-4-6-9-17/h4-6,8-13,18,20,26H,3,7,14-15H2,1-2H3/p+1/b22-21+/t18-,20+/m0/s1. The molecule has 0 unspecified atom stereocenters. The molecule has 0 saturated carbocycles. The minimum absolute atomic E-state index is 0.0318. The number of aryl methyl sites for hydroxylation is 1. The van der Waals surface area contributed by atoms with Crippen LogP contribution in [0.1, 0.15) is 30.9 Å². The van der Waals surface area contributed by atoms with Gasteiger partial charge in [-0.25, -0.2) is 18.1 Å². The molecule has 0 bridgehead atoms. The van der Waals surface area contributed by atoms with E-state index in [1.807, 2.05) is 44.2 Å². The van der Waals surface area contributed by atoms with Gasteiger partial charge >= 0.3 is 11.8 Å². The lowest BCUT2D eigenvalue weighted by molar-refractivity contribution is 0.147. The van der Waals surface area contributed by atoms with Crippen LogP contribution in [0.3, 0.4) is 0 Å². The van der Waals surface area contributed by atoms with Crippen LogP contribution in [0.2, 0.25) is 0 Å². The van der Waals surface area contributed by atoms with Crippen molar-refractivity contribution in [1.82, 2.24) is 9.62 Å². The second-order valence-electron chi connectivity index (χ2n) is 7.87. The fourth-order valence-corrected chi connectivity index (χ4v) is 4.90. The summed E-state index contributed by atoms with van der Waals surface area (Å²) < 4.78 is 33.4. The molecule has 1 saturated heterocycles. The fourth-order valence-electron chi connectivity index (χ4n) is 3.66. The average molecular weight is 472 g/mol. The molecule has 33 heavy (non-hydrogen) atoms. The number of carbonyl (C=O) groups is 1. The number of hydrogen-bond donors (Lipinski definition) is 2. The average Bonchev–Trinajstić information content (AvgIpc) is 3.15. The van der Waals surface area contributed by atoms with E-state index in [-0.39, 0.29) is 23.6 Å². The number of diazo groups is 1. The molecule has 9 nitrogen and oxygen atoms in total. The zero-order valence-electron chi connectivity index (χ0n) is 18.5. The zero-order chi connectivity index (χ0) is 24.0. The van der Waals surface area contributed by atoms with Crippen molar-refractivity contribution in [2.75, 3.05) is 6.61 Å². The van der Waals surface area contributed by atoms with Crippen LogP contribution in [-0.4, -0.2) is 43.2 Å². The monoisotopic (exact) mass is 471 g/mol. The van der Waals surface area contributed by atoms with Gasteiger partial charge in [-0.1, -0.05) is 61.4 Å². The summed E-state index contributed by atoms with van der Waals surface area (Å²) in [6.45, 7) is 3.69. The molecule has 2 atom stereocenters. The number of rotatable bonds is 9. The van der Waals surface area contributed by atoms with Gasteiger partial charge in [-0.3, -0.25) is 0 Å². The van der Waals surface area contributed by atoms with Crippen LogP contribution in [-0.2, 0) is 21.2 Å². The van der Waals surface area contributed by atoms with Crippen LogP contribution in [0.4, 0.5) is 4.79 Å². The van der Waals surface area contributed by atoms with E-state index >= 15 is 0 Å². The number of amides is 1. The van der Waals surface area contributed by atoms with E-state index in [2.05, 4.69) is 9.70 Å². The highest BCUT2D eigenvalue weighted by molar-refractivity contribution is 7.89. The smallest absolute Gasteiger partial charge is 0.438 e. The summed E-state index contributed by atoms with van der Waals surface area (Å²) >= 11 is 0. The third-order valence-electron chi connectivity index (χ3n) is 5.38. The van der Waals surface area contributed by atoms with Crippen molar-refractivity contribution in [3.05, 3.63) is 82.3 Å². The lowest BCUT2D eigenvalue weighted by atomic mass is 10.1. The summed E-state index contributed by atoms with van der Waals surface area (Å²) in [5.41, 5.74) is 1.47. The van der Waals surface area contributed by atoms with Crippen LogP contribution in [0, 0.1) is 12.3 Å². The molecule has 1 amide bonds. The van der Waals surface area contributed by atoms with Crippen molar-refractivity contribution in [3.8, 4) is 0 Å². The molecule has 1 fully saturated rings. The van der Waals surface area contributed by atoms with Gasteiger partial charge in [0.05, 0.1) is 10.9 Å². The predicted molar refractivity (Wildman–Crippen MR) is 122 cm³/mol. The highest BCUT2D eigenvalue weighted by atomic mass is 32.2. The van der Waals surface area contributed by atoms with Crippen LogP contribution < -0.4 is 4.72 Å². The fraction of sp³-hybridized carbons (Fsp3) is 0.348. The molecule has 1 aliphatic heterocycles. The van der Waals surface area contributed by atoms with E-state index in [1.54, 1.807) is 12.1 Å². The molecule has 10 heteroatoms. The second kappa shape index (κ2) is 10.5. The number of hydrogen-bond acceptors (Lipinski definition) is 6. The van der Waals surface area contributed by atoms with Gasteiger partial charge in [0.15, 0.2) is 4.98 Å². The number of cyclic esters (lactones) is 1. The molecule has 2 N–H and O–H groups in total. The number of aliphatic hydroxyl groups excluding tert-OH is 1. The van der Waals surface area contributed by atoms with E-state index in [1.165, 1.54) is 12.1 Å². The van der Waals surface area contributed by atoms with E-state index in [4.69, 9.17) is 4.74 Å². The Balaban J connectivity index is 1.92. The SMILES string of the molecule is CCC[C@@H](NS(=O)(=O)c1ccc(C)cc1)/C([N+]#N)=C(\O)N1C(=O)OC[C@@H]1Cc1ccccc1. The molecule has 2 aromatic rings. The quantitative estimate of drug-likeness (QED) is 0.419. The molecule has 3 rings (SSSR count). The first-order chi connectivity index (χ1) is 15.8. The number of sulfonamides is 1. The second-order valence-corrected chi connectivity index (χ2v) is 9.59. The third kappa shape index (κ3) is 5.69. The maximum absolute atomic E-state index is 12.9. The first kappa shape index (κ1) is 24.2. The topological polar surface area (TPSA) is 124 Å². The highest BCUT2D eigenvalue weighted by Crippen LogP contribution is 2.26. The van der Waals surface area contributed by atoms with Gasteiger partial charge in [0.1, 0.15) is 12.6 Å². The van der Waals surface area contributed by atoms with Gasteiger partial charge in [-0.2, -0.15) is 4.72 Å². The van der Waals surface area contributed by atoms with Gasteiger partial charge in [0.25, 0.3) is 5.88 Å². The first-order valence-corrected chi connectivity index (χ1v) is 12.1. The Hall–Kier alpha value is -3.42. The Bertz CT molecular complexity index is 1160. The summed E-state index contributed by atoms with van der Waals surface area (Å²) in [5.74, 6) is -0.647. The van der Waals surface area contributed by atoms with Crippen molar-refractivity contribution in [1.29, 1.82) is 5.39 Å². The molecule has 2 aromatic carbocycles. The summed E-state index contributed by atoms with van der Waals surface area (Å²) in [5, 5.41) is 20.7. The summed E-state index contributed by atoms with van der Waals surface area (Å²) in [6, 6.07) is 14.0. The Morgan fingerprint density at radius 1 is 1.24 bits per heavy atom. The maximum atomic E-state index is 12.9. The van der Waals surface area contributed by atoms with E-state index < -0.39 is 34.1 Å². The summed E-state index contributed by atoms with van der Waals surface area (Å²) in [4.78, 5) is 16.6. The van der Waals surface area contributed by atoms with Gasteiger partial charge in [-0.15, -0.1) is 0 Å². The van der Waals surface area contributed by atoms with Gasteiger partial charge in [0.2, 0.25) is 15.4 Å². The van der Waals surface area contributed by atoms with Crippen molar-refractivity contribution < 1.29 is 23.1 Å². The number of nitrogens with zero attached hydrogens (tertiary/aromatic N) is 3. The molecule has 1 heterocycles. The minimum atomic E-state index is -3.99. The van der Waals surface area contributed by atoms with Crippen LogP contribution >= 0.6 is 0 Å². The Morgan fingerprint density at radius 3 is 2.52 bits per heavy atom.